The maximum absolute atomic E-state index is 5.30. The molecule has 3 heteroatoms. The second kappa shape index (κ2) is 3.59. The molecule has 1 aliphatic carbocycles. The largest absolute Gasteiger partial charge is 0.381 e. The molecule has 1 saturated carbocycles. The van der Waals surface area contributed by atoms with Crippen molar-refractivity contribution in [3.05, 3.63) is 30.0 Å². The summed E-state index contributed by atoms with van der Waals surface area (Å²) < 4.78 is 7.45. The Kier molecular flexibility index (Phi) is 2.21. The van der Waals surface area contributed by atoms with Gasteiger partial charge in [0.25, 0.3) is 0 Å². The van der Waals surface area contributed by atoms with Crippen LogP contribution in [-0.2, 0) is 4.74 Å². The Morgan fingerprint density at radius 3 is 2.94 bits per heavy atom. The Hall–Kier alpha value is -1.35. The lowest BCUT2D eigenvalue weighted by atomic mass is 9.89. The fourth-order valence-electron chi connectivity index (χ4n) is 2.39. The molecule has 1 heterocycles. The van der Waals surface area contributed by atoms with Gasteiger partial charge in [0.05, 0.1) is 23.9 Å². The van der Waals surface area contributed by atoms with Crippen molar-refractivity contribution in [1.82, 2.24) is 9.78 Å². The van der Waals surface area contributed by atoms with Gasteiger partial charge in [0, 0.05) is 12.5 Å². The third-order valence-electron chi connectivity index (χ3n) is 3.50. The van der Waals surface area contributed by atoms with Crippen LogP contribution in [0, 0.1) is 6.92 Å². The van der Waals surface area contributed by atoms with Crippen molar-refractivity contribution in [3.63, 3.8) is 0 Å². The minimum atomic E-state index is 0.426. The minimum absolute atomic E-state index is 0.426. The van der Waals surface area contributed by atoms with Crippen molar-refractivity contribution >= 4 is 10.9 Å². The maximum atomic E-state index is 5.30. The molecule has 0 aliphatic heterocycles. The number of aryl methyl sites for hydroxylation is 1. The molecule has 16 heavy (non-hydrogen) atoms. The minimum Gasteiger partial charge on any atom is -0.381 e. The first-order valence-electron chi connectivity index (χ1n) is 5.74. The summed E-state index contributed by atoms with van der Waals surface area (Å²) >= 11 is 0. The predicted molar refractivity (Wildman–Crippen MR) is 63.5 cm³/mol. The lowest BCUT2D eigenvalue weighted by Crippen LogP contribution is -2.32. The van der Waals surface area contributed by atoms with E-state index in [4.69, 9.17) is 4.74 Å². The summed E-state index contributed by atoms with van der Waals surface area (Å²) in [6.07, 6.45) is 4.56. The Bertz CT molecular complexity index is 512. The monoisotopic (exact) mass is 216 g/mol. The van der Waals surface area contributed by atoms with Crippen molar-refractivity contribution in [1.29, 1.82) is 0 Å². The van der Waals surface area contributed by atoms with Crippen LogP contribution in [0.4, 0.5) is 0 Å². The van der Waals surface area contributed by atoms with Gasteiger partial charge in [-0.15, -0.1) is 0 Å². The van der Waals surface area contributed by atoms with E-state index in [0.29, 0.717) is 12.1 Å². The van der Waals surface area contributed by atoms with E-state index >= 15 is 0 Å². The Morgan fingerprint density at radius 2 is 2.19 bits per heavy atom. The zero-order valence-corrected chi connectivity index (χ0v) is 9.68. The molecule has 1 aromatic heterocycles. The van der Waals surface area contributed by atoms with Gasteiger partial charge in [0.15, 0.2) is 0 Å². The van der Waals surface area contributed by atoms with Gasteiger partial charge in [0.1, 0.15) is 0 Å². The fourth-order valence-corrected chi connectivity index (χ4v) is 2.39. The molecule has 0 atom stereocenters. The van der Waals surface area contributed by atoms with E-state index in [1.54, 1.807) is 7.11 Å². The number of hydrogen-bond acceptors (Lipinski definition) is 2. The summed E-state index contributed by atoms with van der Waals surface area (Å²) in [5.74, 6) is 0. The highest BCUT2D eigenvalue weighted by atomic mass is 16.5. The molecule has 0 N–H and O–H groups in total. The number of nitrogens with zero attached hydrogens (tertiary/aromatic N) is 2. The molecule has 0 spiro atoms. The molecule has 0 amide bonds. The Labute approximate surface area is 95.0 Å². The molecule has 0 unspecified atom stereocenters. The third-order valence-corrected chi connectivity index (χ3v) is 3.50. The van der Waals surface area contributed by atoms with Crippen LogP contribution >= 0.6 is 0 Å². The van der Waals surface area contributed by atoms with E-state index in [2.05, 4.69) is 34.9 Å². The van der Waals surface area contributed by atoms with Crippen molar-refractivity contribution in [2.45, 2.75) is 31.9 Å². The second-order valence-electron chi connectivity index (χ2n) is 4.63. The van der Waals surface area contributed by atoms with Gasteiger partial charge in [-0.25, -0.2) is 0 Å². The molecule has 3 nitrogen and oxygen atoms in total. The predicted octanol–water partition coefficient (Wildman–Crippen LogP) is 2.69. The van der Waals surface area contributed by atoms with Crippen molar-refractivity contribution in [2.24, 2.45) is 0 Å². The highest BCUT2D eigenvalue weighted by Gasteiger charge is 2.31. The number of ether oxygens (including phenoxy) is 1. The molecular formula is C13H16N2O. The van der Waals surface area contributed by atoms with Crippen LogP contribution in [0.2, 0.25) is 0 Å². The SMILES string of the molecule is COC1CC(n2ncc3cc(C)ccc32)C1. The number of rotatable bonds is 2. The van der Waals surface area contributed by atoms with Crippen LogP contribution in [0.25, 0.3) is 10.9 Å². The number of aromatic nitrogens is 2. The Morgan fingerprint density at radius 1 is 1.38 bits per heavy atom. The molecule has 1 aromatic carbocycles. The van der Waals surface area contributed by atoms with E-state index in [0.717, 1.165) is 12.8 Å². The van der Waals surface area contributed by atoms with E-state index in [1.807, 2.05) is 6.20 Å². The van der Waals surface area contributed by atoms with Crippen LogP contribution in [0.3, 0.4) is 0 Å². The summed E-state index contributed by atoms with van der Waals surface area (Å²) in [5.41, 5.74) is 2.53. The molecule has 1 fully saturated rings. The first-order valence-corrected chi connectivity index (χ1v) is 5.74. The quantitative estimate of drug-likeness (QED) is 0.771. The van der Waals surface area contributed by atoms with E-state index in [9.17, 15) is 0 Å². The molecular weight excluding hydrogens is 200 g/mol. The van der Waals surface area contributed by atoms with Gasteiger partial charge in [-0.1, -0.05) is 11.6 Å². The van der Waals surface area contributed by atoms with E-state index in [1.165, 1.54) is 16.5 Å². The van der Waals surface area contributed by atoms with Gasteiger partial charge in [-0.3, -0.25) is 4.68 Å². The molecule has 0 saturated heterocycles. The molecule has 84 valence electrons. The lowest BCUT2D eigenvalue weighted by molar-refractivity contribution is 0.00387. The highest BCUT2D eigenvalue weighted by molar-refractivity contribution is 5.79. The standard InChI is InChI=1S/C13H16N2O/c1-9-3-4-13-10(5-9)8-14-15(13)11-6-12(7-11)16-2/h3-5,8,11-12H,6-7H2,1-2H3. The molecule has 0 bridgehead atoms. The summed E-state index contributed by atoms with van der Waals surface area (Å²) in [7, 11) is 1.78. The molecule has 0 radical (unpaired) electrons. The summed E-state index contributed by atoms with van der Waals surface area (Å²) in [6, 6.07) is 7.01. The zero-order valence-electron chi connectivity index (χ0n) is 9.68. The summed E-state index contributed by atoms with van der Waals surface area (Å²) in [6.45, 7) is 2.11. The van der Waals surface area contributed by atoms with Gasteiger partial charge < -0.3 is 4.74 Å². The van der Waals surface area contributed by atoms with Gasteiger partial charge in [-0.2, -0.15) is 5.10 Å². The smallest absolute Gasteiger partial charge is 0.0685 e. The van der Waals surface area contributed by atoms with Crippen LogP contribution in [-0.4, -0.2) is 23.0 Å². The van der Waals surface area contributed by atoms with Crippen LogP contribution in [0.5, 0.6) is 0 Å². The normalized spacial score (nSPS) is 24.6. The van der Waals surface area contributed by atoms with Gasteiger partial charge >= 0.3 is 0 Å². The summed E-state index contributed by atoms with van der Waals surface area (Å²) in [5, 5.41) is 5.73. The molecule has 2 aromatic rings. The van der Waals surface area contributed by atoms with E-state index < -0.39 is 0 Å². The van der Waals surface area contributed by atoms with Gasteiger partial charge in [-0.05, 0) is 31.9 Å². The first kappa shape index (κ1) is 9.85. The average Bonchev–Trinajstić information content (AvgIpc) is 2.60. The van der Waals surface area contributed by atoms with Crippen molar-refractivity contribution in [3.8, 4) is 0 Å². The average molecular weight is 216 g/mol. The van der Waals surface area contributed by atoms with Crippen molar-refractivity contribution < 1.29 is 4.74 Å². The second-order valence-corrected chi connectivity index (χ2v) is 4.63. The summed E-state index contributed by atoms with van der Waals surface area (Å²) in [4.78, 5) is 0. The number of hydrogen-bond donors (Lipinski definition) is 0. The molecule has 3 rings (SSSR count). The van der Waals surface area contributed by atoms with Crippen molar-refractivity contribution in [2.75, 3.05) is 7.11 Å². The maximum Gasteiger partial charge on any atom is 0.0685 e. The fraction of sp³-hybridized carbons (Fsp3) is 0.462. The highest BCUT2D eigenvalue weighted by Crippen LogP contribution is 2.35. The topological polar surface area (TPSA) is 27.1 Å². The molecule has 1 aliphatic rings. The van der Waals surface area contributed by atoms with Crippen LogP contribution in [0.1, 0.15) is 24.4 Å². The Balaban J connectivity index is 1.94. The third kappa shape index (κ3) is 1.43. The number of fused-ring (bicyclic) bond motifs is 1. The first-order chi connectivity index (χ1) is 7.78. The number of methoxy groups -OCH3 is 1. The van der Waals surface area contributed by atoms with Gasteiger partial charge in [0.2, 0.25) is 0 Å². The number of benzene rings is 1. The lowest BCUT2D eigenvalue weighted by Gasteiger charge is -2.34. The van der Waals surface area contributed by atoms with Crippen LogP contribution < -0.4 is 0 Å². The van der Waals surface area contributed by atoms with Crippen LogP contribution in [0.15, 0.2) is 24.4 Å². The zero-order chi connectivity index (χ0) is 11.1. The van der Waals surface area contributed by atoms with E-state index in [-0.39, 0.29) is 0 Å².